The Morgan fingerprint density at radius 2 is 2.12 bits per heavy atom. The third kappa shape index (κ3) is 3.07. The van der Waals surface area contributed by atoms with Gasteiger partial charge in [0.25, 0.3) is 0 Å². The molecular weight excluding hydrogens is 224 g/mol. The first kappa shape index (κ1) is 12.6. The maximum atomic E-state index is 5.54. The van der Waals surface area contributed by atoms with Gasteiger partial charge in [-0.1, -0.05) is 38.0 Å². The number of thioether (sulfide) groups is 1. The Hall–Kier alpha value is -0.870. The number of hydrogen-bond donors (Lipinski definition) is 0. The van der Waals surface area contributed by atoms with Crippen LogP contribution in [0.3, 0.4) is 0 Å². The molecule has 1 saturated carbocycles. The molecule has 0 saturated heterocycles. The lowest BCUT2D eigenvalue weighted by Gasteiger charge is -2.40. The van der Waals surface area contributed by atoms with Crippen molar-refractivity contribution < 1.29 is 0 Å². The Kier molecular flexibility index (Phi) is 4.18. The minimum Gasteiger partial charge on any atom is -0.122 e. The smallest absolute Gasteiger partial charge is 0.0157 e. The first-order chi connectivity index (χ1) is 8.24. The van der Waals surface area contributed by atoms with Crippen LogP contribution in [0.25, 0.3) is 0 Å². The Bertz CT molecular complexity index is 390. The summed E-state index contributed by atoms with van der Waals surface area (Å²) in [4.78, 5) is 1.38. The van der Waals surface area contributed by atoms with Crippen LogP contribution in [0, 0.1) is 17.8 Å². The summed E-state index contributed by atoms with van der Waals surface area (Å²) >= 11 is 2.02. The Labute approximate surface area is 109 Å². The van der Waals surface area contributed by atoms with Crippen LogP contribution in [0.2, 0.25) is 0 Å². The Morgan fingerprint density at radius 3 is 2.82 bits per heavy atom. The molecule has 0 nitrogen and oxygen atoms in total. The van der Waals surface area contributed by atoms with Gasteiger partial charge in [-0.25, -0.2) is 0 Å². The predicted octanol–water partition coefficient (Wildman–Crippen LogP) is 4.75. The van der Waals surface area contributed by atoms with Crippen molar-refractivity contribution in [2.75, 3.05) is 0 Å². The molecule has 17 heavy (non-hydrogen) atoms. The predicted molar refractivity (Wildman–Crippen MR) is 76.1 cm³/mol. The lowest BCUT2D eigenvalue weighted by atomic mass is 9.73. The van der Waals surface area contributed by atoms with E-state index >= 15 is 0 Å². The molecule has 1 aliphatic rings. The molecule has 1 aromatic rings. The number of terminal acetylenes is 1. The van der Waals surface area contributed by atoms with Gasteiger partial charge in [0.05, 0.1) is 0 Å². The van der Waals surface area contributed by atoms with Gasteiger partial charge >= 0.3 is 0 Å². The van der Waals surface area contributed by atoms with Crippen LogP contribution in [-0.4, -0.2) is 5.25 Å². The zero-order chi connectivity index (χ0) is 12.1. The van der Waals surface area contributed by atoms with Gasteiger partial charge in [-0.05, 0) is 30.4 Å². The van der Waals surface area contributed by atoms with E-state index in [-0.39, 0.29) is 0 Å². The highest BCUT2D eigenvalue weighted by molar-refractivity contribution is 8.00. The van der Waals surface area contributed by atoms with Gasteiger partial charge in [-0.2, -0.15) is 0 Å². The fourth-order valence-electron chi connectivity index (χ4n) is 2.67. The van der Waals surface area contributed by atoms with E-state index < -0.39 is 0 Å². The van der Waals surface area contributed by atoms with E-state index in [0.717, 1.165) is 6.42 Å². The van der Waals surface area contributed by atoms with Crippen molar-refractivity contribution in [3.8, 4) is 12.3 Å². The summed E-state index contributed by atoms with van der Waals surface area (Å²) < 4.78 is 0. The van der Waals surface area contributed by atoms with Crippen LogP contribution in [0.5, 0.6) is 0 Å². The second-order valence-corrected chi connectivity index (χ2v) is 6.48. The van der Waals surface area contributed by atoms with E-state index in [0.29, 0.717) is 10.7 Å². The van der Waals surface area contributed by atoms with Gasteiger partial charge in [-0.15, -0.1) is 24.1 Å². The molecule has 0 spiro atoms. The van der Waals surface area contributed by atoms with Gasteiger partial charge < -0.3 is 0 Å². The molecule has 0 heterocycles. The van der Waals surface area contributed by atoms with E-state index in [4.69, 9.17) is 6.42 Å². The van der Waals surface area contributed by atoms with Crippen molar-refractivity contribution in [2.45, 2.75) is 49.2 Å². The van der Waals surface area contributed by atoms with E-state index in [2.05, 4.69) is 43.2 Å². The lowest BCUT2D eigenvalue weighted by molar-refractivity contribution is 0.234. The van der Waals surface area contributed by atoms with Crippen molar-refractivity contribution in [1.82, 2.24) is 0 Å². The Balaban J connectivity index is 2.10. The fourth-order valence-corrected chi connectivity index (χ4v) is 4.08. The minimum absolute atomic E-state index is 0.327. The fraction of sp³-hybridized carbons (Fsp3) is 0.500. The second kappa shape index (κ2) is 5.65. The molecule has 2 unspecified atom stereocenters. The maximum Gasteiger partial charge on any atom is 0.0157 e. The van der Waals surface area contributed by atoms with Gasteiger partial charge in [0.1, 0.15) is 0 Å². The molecule has 1 aromatic carbocycles. The van der Waals surface area contributed by atoms with Gasteiger partial charge in [0, 0.05) is 16.6 Å². The lowest BCUT2D eigenvalue weighted by Crippen LogP contribution is -2.32. The molecule has 0 radical (unpaired) electrons. The van der Waals surface area contributed by atoms with Crippen molar-refractivity contribution >= 4 is 11.8 Å². The molecule has 0 aliphatic heterocycles. The molecule has 0 amide bonds. The van der Waals surface area contributed by atoms with Crippen LogP contribution in [-0.2, 0) is 0 Å². The molecule has 90 valence electrons. The third-order valence-electron chi connectivity index (χ3n) is 3.77. The maximum absolute atomic E-state index is 5.54. The standard InChI is InChI=1S/C16H20S/c1-3-12-16(2)13-8-7-11-15(16)17-14-9-5-4-6-10-14/h1,4-6,9-10,15H,7-8,11-13H2,2H3. The molecule has 1 fully saturated rings. The first-order valence-corrected chi connectivity index (χ1v) is 7.28. The second-order valence-electron chi connectivity index (χ2n) is 5.20. The summed E-state index contributed by atoms with van der Waals surface area (Å²) in [7, 11) is 0. The van der Waals surface area contributed by atoms with Crippen molar-refractivity contribution in [1.29, 1.82) is 0 Å². The van der Waals surface area contributed by atoms with Crippen LogP contribution < -0.4 is 0 Å². The van der Waals surface area contributed by atoms with Crippen molar-refractivity contribution in [2.24, 2.45) is 5.41 Å². The highest BCUT2D eigenvalue weighted by atomic mass is 32.2. The average molecular weight is 244 g/mol. The molecule has 0 N–H and O–H groups in total. The van der Waals surface area contributed by atoms with Crippen molar-refractivity contribution in [3.05, 3.63) is 30.3 Å². The highest BCUT2D eigenvalue weighted by Crippen LogP contribution is 2.47. The molecule has 2 atom stereocenters. The molecule has 2 rings (SSSR count). The number of hydrogen-bond acceptors (Lipinski definition) is 1. The van der Waals surface area contributed by atoms with E-state index in [9.17, 15) is 0 Å². The van der Waals surface area contributed by atoms with E-state index in [1.54, 1.807) is 0 Å². The molecular formula is C16H20S. The van der Waals surface area contributed by atoms with Crippen LogP contribution in [0.4, 0.5) is 0 Å². The normalized spacial score (nSPS) is 28.6. The summed E-state index contributed by atoms with van der Waals surface area (Å²) in [6.07, 6.45) is 11.7. The molecule has 0 aromatic heterocycles. The van der Waals surface area contributed by atoms with Crippen LogP contribution >= 0.6 is 11.8 Å². The SMILES string of the molecule is C#CCC1(C)CCCCC1Sc1ccccc1. The summed E-state index contributed by atoms with van der Waals surface area (Å²) in [5.41, 5.74) is 0.327. The van der Waals surface area contributed by atoms with Crippen molar-refractivity contribution in [3.63, 3.8) is 0 Å². The number of benzene rings is 1. The third-order valence-corrected chi connectivity index (χ3v) is 5.40. The molecule has 1 aliphatic carbocycles. The minimum atomic E-state index is 0.327. The monoisotopic (exact) mass is 244 g/mol. The molecule has 1 heteroatoms. The van der Waals surface area contributed by atoms with Crippen LogP contribution in [0.15, 0.2) is 35.2 Å². The summed E-state index contributed by atoms with van der Waals surface area (Å²) in [5.74, 6) is 2.88. The largest absolute Gasteiger partial charge is 0.122 e. The van der Waals surface area contributed by atoms with Gasteiger partial charge in [-0.3, -0.25) is 0 Å². The zero-order valence-corrected chi connectivity index (χ0v) is 11.3. The quantitative estimate of drug-likeness (QED) is 0.691. The van der Waals surface area contributed by atoms with Gasteiger partial charge in [0.2, 0.25) is 0 Å². The number of rotatable bonds is 3. The van der Waals surface area contributed by atoms with E-state index in [1.165, 1.54) is 30.6 Å². The molecule has 0 bridgehead atoms. The average Bonchev–Trinajstić information content (AvgIpc) is 2.34. The zero-order valence-electron chi connectivity index (χ0n) is 10.5. The summed E-state index contributed by atoms with van der Waals surface area (Å²) in [5, 5.41) is 0.676. The highest BCUT2D eigenvalue weighted by Gasteiger charge is 2.36. The topological polar surface area (TPSA) is 0 Å². The van der Waals surface area contributed by atoms with E-state index in [1.807, 2.05) is 11.8 Å². The van der Waals surface area contributed by atoms with Crippen LogP contribution in [0.1, 0.15) is 39.0 Å². The van der Waals surface area contributed by atoms with Gasteiger partial charge in [0.15, 0.2) is 0 Å². The summed E-state index contributed by atoms with van der Waals surface area (Å²) in [6.45, 7) is 2.37. The summed E-state index contributed by atoms with van der Waals surface area (Å²) in [6, 6.07) is 10.7. The first-order valence-electron chi connectivity index (χ1n) is 6.40. The Morgan fingerprint density at radius 1 is 1.35 bits per heavy atom.